The third-order valence-electron chi connectivity index (χ3n) is 2.38. The maximum Gasteiger partial charge on any atom is 0.335 e. The first-order valence-electron chi connectivity index (χ1n) is 5.23. The van der Waals surface area contributed by atoms with Crippen LogP contribution in [0.4, 0.5) is 14.5 Å². The molecule has 0 spiro atoms. The van der Waals surface area contributed by atoms with Crippen molar-refractivity contribution in [3.8, 4) is 0 Å². The Morgan fingerprint density at radius 2 is 1.84 bits per heavy atom. The van der Waals surface area contributed by atoms with Crippen molar-refractivity contribution >= 4 is 23.4 Å². The Hall–Kier alpha value is -2.08. The SMILES string of the molecule is Nc1ccc(C(=O)O)cc1Sc1ccc(F)c(F)c1. The number of nitrogens with two attached hydrogens (primary N) is 1. The lowest BCUT2D eigenvalue weighted by atomic mass is 10.2. The molecular formula is C13H9F2NO2S. The van der Waals surface area contributed by atoms with Crippen molar-refractivity contribution in [3.63, 3.8) is 0 Å². The second-order valence-corrected chi connectivity index (χ2v) is 4.85. The predicted molar refractivity (Wildman–Crippen MR) is 68.3 cm³/mol. The molecule has 0 radical (unpaired) electrons. The number of anilines is 1. The highest BCUT2D eigenvalue weighted by Crippen LogP contribution is 2.33. The molecule has 2 rings (SSSR count). The van der Waals surface area contributed by atoms with Gasteiger partial charge in [0.1, 0.15) is 0 Å². The molecule has 0 bridgehead atoms. The summed E-state index contributed by atoms with van der Waals surface area (Å²) in [4.78, 5) is 11.8. The zero-order valence-corrected chi connectivity index (χ0v) is 10.4. The molecule has 0 atom stereocenters. The minimum atomic E-state index is -1.08. The van der Waals surface area contributed by atoms with Crippen LogP contribution in [-0.2, 0) is 0 Å². The number of aromatic carboxylic acids is 1. The summed E-state index contributed by atoms with van der Waals surface area (Å²) in [5, 5.41) is 8.89. The van der Waals surface area contributed by atoms with Crippen molar-refractivity contribution in [2.45, 2.75) is 9.79 Å². The van der Waals surface area contributed by atoms with Crippen LogP contribution in [0, 0.1) is 11.6 Å². The summed E-state index contributed by atoms with van der Waals surface area (Å²) in [5.41, 5.74) is 6.18. The van der Waals surface area contributed by atoms with Gasteiger partial charge in [-0.2, -0.15) is 0 Å². The first-order valence-corrected chi connectivity index (χ1v) is 6.05. The molecule has 0 fully saturated rings. The molecule has 2 aromatic rings. The molecule has 0 unspecified atom stereocenters. The fourth-order valence-corrected chi connectivity index (χ4v) is 2.35. The Labute approximate surface area is 112 Å². The van der Waals surface area contributed by atoms with Crippen molar-refractivity contribution < 1.29 is 18.7 Å². The lowest BCUT2D eigenvalue weighted by molar-refractivity contribution is 0.0696. The van der Waals surface area contributed by atoms with Crippen LogP contribution in [0.25, 0.3) is 0 Å². The molecule has 0 heterocycles. The predicted octanol–water partition coefficient (Wildman–Crippen LogP) is 3.40. The summed E-state index contributed by atoms with van der Waals surface area (Å²) in [7, 11) is 0. The Morgan fingerprint density at radius 3 is 2.47 bits per heavy atom. The summed E-state index contributed by atoms with van der Waals surface area (Å²) in [6, 6.07) is 7.68. The number of rotatable bonds is 3. The Bertz CT molecular complexity index is 647. The van der Waals surface area contributed by atoms with E-state index in [4.69, 9.17) is 10.8 Å². The summed E-state index contributed by atoms with van der Waals surface area (Å²) in [5.74, 6) is -2.97. The van der Waals surface area contributed by atoms with E-state index in [1.165, 1.54) is 24.3 Å². The van der Waals surface area contributed by atoms with Gasteiger partial charge in [0.25, 0.3) is 0 Å². The first kappa shape index (κ1) is 13.4. The van der Waals surface area contributed by atoms with Gasteiger partial charge >= 0.3 is 5.97 Å². The molecule has 0 aliphatic carbocycles. The van der Waals surface area contributed by atoms with Gasteiger partial charge < -0.3 is 10.8 Å². The molecule has 19 heavy (non-hydrogen) atoms. The Morgan fingerprint density at radius 1 is 1.11 bits per heavy atom. The number of carbonyl (C=O) groups is 1. The van der Waals surface area contributed by atoms with Crippen LogP contribution in [0.3, 0.4) is 0 Å². The van der Waals surface area contributed by atoms with E-state index in [2.05, 4.69) is 0 Å². The van der Waals surface area contributed by atoms with Gasteiger partial charge in [0.2, 0.25) is 0 Å². The van der Waals surface area contributed by atoms with Gasteiger partial charge in [0, 0.05) is 15.5 Å². The Kier molecular flexibility index (Phi) is 3.71. The van der Waals surface area contributed by atoms with E-state index in [-0.39, 0.29) is 5.56 Å². The highest BCUT2D eigenvalue weighted by atomic mass is 32.2. The van der Waals surface area contributed by atoms with Crippen LogP contribution in [0.5, 0.6) is 0 Å². The maximum atomic E-state index is 13.1. The molecular weight excluding hydrogens is 272 g/mol. The van der Waals surface area contributed by atoms with E-state index in [1.807, 2.05) is 0 Å². The van der Waals surface area contributed by atoms with Gasteiger partial charge in [0.05, 0.1) is 5.56 Å². The van der Waals surface area contributed by atoms with Gasteiger partial charge in [-0.05, 0) is 36.4 Å². The second-order valence-electron chi connectivity index (χ2n) is 3.74. The van der Waals surface area contributed by atoms with Gasteiger partial charge in [-0.25, -0.2) is 13.6 Å². The van der Waals surface area contributed by atoms with Crippen LogP contribution in [-0.4, -0.2) is 11.1 Å². The lowest BCUT2D eigenvalue weighted by Crippen LogP contribution is -1.98. The van der Waals surface area contributed by atoms with E-state index >= 15 is 0 Å². The van der Waals surface area contributed by atoms with Gasteiger partial charge in [-0.15, -0.1) is 0 Å². The van der Waals surface area contributed by atoms with E-state index in [0.717, 1.165) is 23.9 Å². The molecule has 6 heteroatoms. The van der Waals surface area contributed by atoms with Crippen molar-refractivity contribution in [3.05, 3.63) is 53.6 Å². The lowest BCUT2D eigenvalue weighted by Gasteiger charge is -2.07. The second kappa shape index (κ2) is 5.27. The fourth-order valence-electron chi connectivity index (χ4n) is 1.42. The molecule has 0 amide bonds. The first-order chi connectivity index (χ1) is 8.97. The number of nitrogen functional groups attached to an aromatic ring is 1. The average molecular weight is 281 g/mol. The number of carboxylic acids is 1. The highest BCUT2D eigenvalue weighted by molar-refractivity contribution is 7.99. The smallest absolute Gasteiger partial charge is 0.335 e. The number of carboxylic acid groups (broad SMARTS) is 1. The normalized spacial score (nSPS) is 10.4. The van der Waals surface area contributed by atoms with E-state index in [1.54, 1.807) is 0 Å². The summed E-state index contributed by atoms with van der Waals surface area (Å²) in [6.45, 7) is 0. The number of halogens is 2. The maximum absolute atomic E-state index is 13.1. The largest absolute Gasteiger partial charge is 0.478 e. The molecule has 0 aliphatic rings. The van der Waals surface area contributed by atoms with Gasteiger partial charge in [-0.3, -0.25) is 0 Å². The van der Waals surface area contributed by atoms with E-state index in [0.29, 0.717) is 15.5 Å². The van der Waals surface area contributed by atoms with Crippen molar-refractivity contribution in [2.75, 3.05) is 5.73 Å². The third-order valence-corrected chi connectivity index (χ3v) is 3.44. The molecule has 0 saturated heterocycles. The summed E-state index contributed by atoms with van der Waals surface area (Å²) in [6.07, 6.45) is 0. The molecule has 0 saturated carbocycles. The monoisotopic (exact) mass is 281 g/mol. The number of benzene rings is 2. The van der Waals surface area contributed by atoms with Crippen molar-refractivity contribution in [1.29, 1.82) is 0 Å². The minimum absolute atomic E-state index is 0.0827. The Balaban J connectivity index is 2.34. The van der Waals surface area contributed by atoms with Crippen LogP contribution in [0.2, 0.25) is 0 Å². The fraction of sp³-hybridized carbons (Fsp3) is 0. The zero-order valence-electron chi connectivity index (χ0n) is 9.56. The standard InChI is InChI=1S/C13H9F2NO2S/c14-9-3-2-8(6-10(9)15)19-12-5-7(13(17)18)1-4-11(12)16/h1-6H,16H2,(H,17,18). The topological polar surface area (TPSA) is 63.3 Å². The molecule has 98 valence electrons. The molecule has 0 aromatic heterocycles. The molecule has 3 N–H and O–H groups in total. The quantitative estimate of drug-likeness (QED) is 0.846. The van der Waals surface area contributed by atoms with Crippen molar-refractivity contribution in [2.24, 2.45) is 0 Å². The molecule has 0 aliphatic heterocycles. The third kappa shape index (κ3) is 3.03. The van der Waals surface area contributed by atoms with Gasteiger partial charge in [0.15, 0.2) is 11.6 Å². The highest BCUT2D eigenvalue weighted by Gasteiger charge is 2.09. The van der Waals surface area contributed by atoms with E-state index < -0.39 is 17.6 Å². The zero-order chi connectivity index (χ0) is 14.0. The molecule has 3 nitrogen and oxygen atoms in total. The van der Waals surface area contributed by atoms with E-state index in [9.17, 15) is 13.6 Å². The van der Waals surface area contributed by atoms with Crippen molar-refractivity contribution in [1.82, 2.24) is 0 Å². The van der Waals surface area contributed by atoms with Crippen LogP contribution in [0.1, 0.15) is 10.4 Å². The summed E-state index contributed by atoms with van der Waals surface area (Å²) < 4.78 is 25.9. The average Bonchev–Trinajstić information content (AvgIpc) is 2.36. The van der Waals surface area contributed by atoms with Gasteiger partial charge in [-0.1, -0.05) is 11.8 Å². The van der Waals surface area contributed by atoms with Crippen LogP contribution in [0.15, 0.2) is 46.2 Å². The number of hydrogen-bond acceptors (Lipinski definition) is 3. The minimum Gasteiger partial charge on any atom is -0.478 e. The summed E-state index contributed by atoms with van der Waals surface area (Å²) >= 11 is 1.07. The van der Waals surface area contributed by atoms with Crippen LogP contribution >= 0.6 is 11.8 Å². The van der Waals surface area contributed by atoms with Crippen LogP contribution < -0.4 is 5.73 Å². The molecule has 2 aromatic carbocycles. The number of hydrogen-bond donors (Lipinski definition) is 2.